The first kappa shape index (κ1) is 13.7. The van der Waals surface area contributed by atoms with Gasteiger partial charge in [-0.3, -0.25) is 4.79 Å². The Morgan fingerprint density at radius 1 is 1.37 bits per heavy atom. The van der Waals surface area contributed by atoms with Crippen molar-refractivity contribution in [2.45, 2.75) is 18.9 Å². The zero-order chi connectivity index (χ0) is 14.0. The highest BCUT2D eigenvalue weighted by Crippen LogP contribution is 2.21. The van der Waals surface area contributed by atoms with Crippen molar-refractivity contribution in [3.05, 3.63) is 29.3 Å². The summed E-state index contributed by atoms with van der Waals surface area (Å²) in [4.78, 5) is 11.3. The molecule has 1 aliphatic rings. The van der Waals surface area contributed by atoms with Gasteiger partial charge in [0, 0.05) is 11.6 Å². The van der Waals surface area contributed by atoms with Crippen LogP contribution >= 0.6 is 12.2 Å². The lowest BCUT2D eigenvalue weighted by Gasteiger charge is -2.10. The predicted molar refractivity (Wildman–Crippen MR) is 71.9 cm³/mol. The van der Waals surface area contributed by atoms with E-state index in [2.05, 4.69) is 22.9 Å². The normalized spacial score (nSPS) is 14.0. The summed E-state index contributed by atoms with van der Waals surface area (Å²) >= 11 is 4.65. The predicted octanol–water partition coefficient (Wildman–Crippen LogP) is 1.29. The third kappa shape index (κ3) is 3.60. The van der Waals surface area contributed by atoms with Crippen molar-refractivity contribution in [1.82, 2.24) is 5.32 Å². The Kier molecular flexibility index (Phi) is 3.94. The molecule has 4 N–H and O–H groups in total. The minimum absolute atomic E-state index is 0.0872. The van der Waals surface area contributed by atoms with E-state index in [0.717, 1.165) is 25.0 Å². The second-order valence-corrected chi connectivity index (χ2v) is 4.81. The number of nitrogens with one attached hydrogen (secondary N) is 2. The van der Waals surface area contributed by atoms with Crippen molar-refractivity contribution < 1.29 is 13.6 Å². The van der Waals surface area contributed by atoms with Gasteiger partial charge in [0.1, 0.15) is 22.3 Å². The maximum absolute atomic E-state index is 13.6. The molecule has 19 heavy (non-hydrogen) atoms. The monoisotopic (exact) mass is 285 g/mol. The zero-order valence-corrected chi connectivity index (χ0v) is 10.8. The minimum Gasteiger partial charge on any atom is -0.389 e. The van der Waals surface area contributed by atoms with Crippen molar-refractivity contribution in [2.75, 3.05) is 11.9 Å². The van der Waals surface area contributed by atoms with Crippen LogP contribution in [0.15, 0.2) is 12.1 Å². The molecule has 7 heteroatoms. The largest absolute Gasteiger partial charge is 0.389 e. The Hall–Kier alpha value is -1.76. The van der Waals surface area contributed by atoms with Gasteiger partial charge >= 0.3 is 0 Å². The lowest BCUT2D eigenvalue weighted by Crippen LogP contribution is -2.31. The third-order valence-corrected chi connectivity index (χ3v) is 2.93. The zero-order valence-electron chi connectivity index (χ0n) is 10.0. The molecule has 1 aliphatic carbocycles. The van der Waals surface area contributed by atoms with Crippen LogP contribution in [0.2, 0.25) is 0 Å². The standard InChI is InChI=1S/C12H13F2N3OS/c13-8-3-6(12(15)19)4-9(14)11(8)16-5-10(18)17-7-1-2-7/h3-4,7,16H,1-2,5H2,(H2,15,19)(H,17,18). The summed E-state index contributed by atoms with van der Waals surface area (Å²) < 4.78 is 27.3. The fourth-order valence-electron chi connectivity index (χ4n) is 1.56. The molecule has 0 atom stereocenters. The number of anilines is 1. The summed E-state index contributed by atoms with van der Waals surface area (Å²) in [7, 11) is 0. The van der Waals surface area contributed by atoms with E-state index in [-0.39, 0.29) is 34.7 Å². The molecule has 0 saturated heterocycles. The molecule has 1 fully saturated rings. The molecule has 102 valence electrons. The number of carbonyl (C=O) groups is 1. The molecule has 4 nitrogen and oxygen atoms in total. The second kappa shape index (κ2) is 5.48. The van der Waals surface area contributed by atoms with E-state index in [0.29, 0.717) is 0 Å². The van der Waals surface area contributed by atoms with E-state index in [9.17, 15) is 13.6 Å². The van der Waals surface area contributed by atoms with Gasteiger partial charge in [-0.25, -0.2) is 8.78 Å². The van der Waals surface area contributed by atoms with Crippen molar-refractivity contribution >= 4 is 28.8 Å². The molecule has 2 rings (SSSR count). The molecule has 0 bridgehead atoms. The molecule has 0 aromatic heterocycles. The number of thiocarbonyl (C=S) groups is 1. The molecule has 0 heterocycles. The minimum atomic E-state index is -0.831. The Morgan fingerprint density at radius 3 is 2.42 bits per heavy atom. The first-order chi connectivity index (χ1) is 8.97. The van der Waals surface area contributed by atoms with Crippen LogP contribution in [0.1, 0.15) is 18.4 Å². The summed E-state index contributed by atoms with van der Waals surface area (Å²) in [6, 6.07) is 2.28. The summed E-state index contributed by atoms with van der Waals surface area (Å²) in [5.74, 6) is -1.95. The fourth-order valence-corrected chi connectivity index (χ4v) is 1.68. The van der Waals surface area contributed by atoms with E-state index in [1.54, 1.807) is 0 Å². The Balaban J connectivity index is 2.03. The highest BCUT2D eigenvalue weighted by atomic mass is 32.1. The van der Waals surface area contributed by atoms with E-state index in [1.165, 1.54) is 0 Å². The van der Waals surface area contributed by atoms with Crippen LogP contribution < -0.4 is 16.4 Å². The number of carbonyl (C=O) groups excluding carboxylic acids is 1. The quantitative estimate of drug-likeness (QED) is 0.713. The van der Waals surface area contributed by atoms with Gasteiger partial charge in [-0.15, -0.1) is 0 Å². The highest BCUT2D eigenvalue weighted by molar-refractivity contribution is 7.80. The van der Waals surface area contributed by atoms with Crippen molar-refractivity contribution in [2.24, 2.45) is 5.73 Å². The van der Waals surface area contributed by atoms with E-state index in [1.807, 2.05) is 0 Å². The molecule has 0 radical (unpaired) electrons. The number of halogens is 2. The van der Waals surface area contributed by atoms with Crippen molar-refractivity contribution in [3.8, 4) is 0 Å². The van der Waals surface area contributed by atoms with Crippen LogP contribution in [0.3, 0.4) is 0 Å². The average Bonchev–Trinajstić information content (AvgIpc) is 3.11. The number of amides is 1. The van der Waals surface area contributed by atoms with Gasteiger partial charge in [-0.1, -0.05) is 12.2 Å². The molecule has 1 aromatic carbocycles. The molecular formula is C12H13F2N3OS. The van der Waals surface area contributed by atoms with Gasteiger partial charge in [-0.2, -0.15) is 0 Å². The maximum atomic E-state index is 13.6. The third-order valence-electron chi connectivity index (χ3n) is 2.69. The molecule has 0 aliphatic heterocycles. The lowest BCUT2D eigenvalue weighted by molar-refractivity contribution is -0.119. The van der Waals surface area contributed by atoms with Gasteiger partial charge < -0.3 is 16.4 Å². The van der Waals surface area contributed by atoms with E-state index in [4.69, 9.17) is 5.73 Å². The number of nitrogens with two attached hydrogens (primary N) is 1. The Morgan fingerprint density at radius 2 is 1.95 bits per heavy atom. The number of hydrogen-bond acceptors (Lipinski definition) is 3. The van der Waals surface area contributed by atoms with Crippen molar-refractivity contribution in [1.29, 1.82) is 0 Å². The topological polar surface area (TPSA) is 67.1 Å². The Labute approximate surface area is 114 Å². The van der Waals surface area contributed by atoms with Crippen LogP contribution in [0.4, 0.5) is 14.5 Å². The van der Waals surface area contributed by atoms with Crippen LogP contribution in [0.25, 0.3) is 0 Å². The van der Waals surface area contributed by atoms with Gasteiger partial charge in [0.05, 0.1) is 6.54 Å². The van der Waals surface area contributed by atoms with Crippen LogP contribution in [0.5, 0.6) is 0 Å². The first-order valence-corrected chi connectivity index (χ1v) is 6.20. The second-order valence-electron chi connectivity index (χ2n) is 4.37. The summed E-state index contributed by atoms with van der Waals surface area (Å²) in [5, 5.41) is 5.14. The highest BCUT2D eigenvalue weighted by Gasteiger charge is 2.23. The van der Waals surface area contributed by atoms with Gasteiger partial charge in [0.25, 0.3) is 0 Å². The van der Waals surface area contributed by atoms with Crippen LogP contribution in [-0.2, 0) is 4.79 Å². The Bertz CT molecular complexity index is 509. The lowest BCUT2D eigenvalue weighted by atomic mass is 10.2. The summed E-state index contributed by atoms with van der Waals surface area (Å²) in [6.07, 6.45) is 1.91. The molecule has 0 unspecified atom stereocenters. The molecule has 1 amide bonds. The van der Waals surface area contributed by atoms with Crippen LogP contribution in [0, 0.1) is 11.6 Å². The maximum Gasteiger partial charge on any atom is 0.239 e. The number of benzene rings is 1. The van der Waals surface area contributed by atoms with Crippen molar-refractivity contribution in [3.63, 3.8) is 0 Å². The fraction of sp³-hybridized carbons (Fsp3) is 0.333. The van der Waals surface area contributed by atoms with Gasteiger partial charge in [-0.05, 0) is 25.0 Å². The van der Waals surface area contributed by atoms with Gasteiger partial charge in [0.15, 0.2) is 0 Å². The van der Waals surface area contributed by atoms with E-state index < -0.39 is 11.6 Å². The average molecular weight is 285 g/mol. The smallest absolute Gasteiger partial charge is 0.239 e. The molecule has 1 saturated carbocycles. The molecule has 0 spiro atoms. The van der Waals surface area contributed by atoms with Gasteiger partial charge in [0.2, 0.25) is 5.91 Å². The summed E-state index contributed by atoms with van der Waals surface area (Å²) in [6.45, 7) is -0.184. The molecule has 1 aromatic rings. The van der Waals surface area contributed by atoms with E-state index >= 15 is 0 Å². The number of hydrogen-bond donors (Lipinski definition) is 3. The summed E-state index contributed by atoms with van der Waals surface area (Å²) in [5.41, 5.74) is 5.05. The van der Waals surface area contributed by atoms with Crippen LogP contribution in [-0.4, -0.2) is 23.5 Å². The molecular weight excluding hydrogens is 272 g/mol. The number of rotatable bonds is 5. The SMILES string of the molecule is NC(=S)c1cc(F)c(NCC(=O)NC2CC2)c(F)c1. The first-order valence-electron chi connectivity index (χ1n) is 5.79.